The van der Waals surface area contributed by atoms with E-state index in [4.69, 9.17) is 5.73 Å². The zero-order valence-corrected chi connectivity index (χ0v) is 10.3. The topological polar surface area (TPSA) is 26.0 Å². The van der Waals surface area contributed by atoms with Crippen LogP contribution in [-0.2, 0) is 12.1 Å². The molecule has 0 atom stereocenters. The molecule has 90 valence electrons. The van der Waals surface area contributed by atoms with Crippen molar-refractivity contribution in [3.8, 4) is 0 Å². The van der Waals surface area contributed by atoms with E-state index in [1.54, 1.807) is 12.1 Å². The monoisotopic (exact) mass is 227 g/mol. The zero-order valence-electron chi connectivity index (χ0n) is 10.3. The maximum atomic E-state index is 13.9. The fourth-order valence-corrected chi connectivity index (χ4v) is 1.87. The summed E-state index contributed by atoms with van der Waals surface area (Å²) in [7, 11) is 0. The second-order valence-corrected chi connectivity index (χ2v) is 5.41. The fourth-order valence-electron chi connectivity index (χ4n) is 1.87. The van der Waals surface area contributed by atoms with Gasteiger partial charge in [-0.05, 0) is 45.7 Å². The van der Waals surface area contributed by atoms with Gasteiger partial charge in [0.05, 0.1) is 0 Å². The quantitative estimate of drug-likeness (QED) is 0.842. The predicted molar refractivity (Wildman–Crippen MR) is 62.5 cm³/mol. The molecule has 0 unspecified atom stereocenters. The molecular weight excluding hydrogens is 208 g/mol. The maximum absolute atomic E-state index is 13.9. The molecule has 0 radical (unpaired) electrons. The van der Waals surface area contributed by atoms with Crippen LogP contribution in [-0.4, -0.2) is 5.54 Å². The van der Waals surface area contributed by atoms with Crippen molar-refractivity contribution in [3.63, 3.8) is 0 Å². The number of alkyl halides is 1. The molecule has 0 bridgehead atoms. The van der Waals surface area contributed by atoms with Crippen LogP contribution in [0, 0.1) is 5.82 Å². The zero-order chi connectivity index (χ0) is 12.6. The van der Waals surface area contributed by atoms with Gasteiger partial charge < -0.3 is 5.73 Å². The number of halogens is 2. The molecule has 0 saturated carbocycles. The Hall–Kier alpha value is -0.960. The van der Waals surface area contributed by atoms with Gasteiger partial charge in [-0.1, -0.05) is 12.1 Å². The van der Waals surface area contributed by atoms with Gasteiger partial charge in [0.25, 0.3) is 0 Å². The van der Waals surface area contributed by atoms with Gasteiger partial charge in [-0.3, -0.25) is 0 Å². The van der Waals surface area contributed by atoms with Gasteiger partial charge in [-0.25, -0.2) is 8.78 Å². The Morgan fingerprint density at radius 2 is 1.75 bits per heavy atom. The number of benzene rings is 1. The molecule has 0 heterocycles. The highest BCUT2D eigenvalue weighted by Gasteiger charge is 2.28. The Labute approximate surface area is 95.7 Å². The smallest absolute Gasteiger partial charge is 0.133 e. The molecule has 0 aliphatic carbocycles. The van der Waals surface area contributed by atoms with Gasteiger partial charge in [0.2, 0.25) is 0 Å². The Morgan fingerprint density at radius 3 is 2.19 bits per heavy atom. The third-order valence-corrected chi connectivity index (χ3v) is 2.34. The van der Waals surface area contributed by atoms with Crippen molar-refractivity contribution in [2.24, 2.45) is 5.73 Å². The van der Waals surface area contributed by atoms with E-state index in [-0.39, 0.29) is 5.56 Å². The van der Waals surface area contributed by atoms with E-state index in [2.05, 4.69) is 0 Å². The average molecular weight is 227 g/mol. The van der Waals surface area contributed by atoms with Crippen molar-refractivity contribution in [3.05, 3.63) is 35.1 Å². The lowest BCUT2D eigenvalue weighted by Crippen LogP contribution is -2.35. The lowest BCUT2D eigenvalue weighted by atomic mass is 9.87. The fraction of sp³-hybridized carbons (Fsp3) is 0.538. The highest BCUT2D eigenvalue weighted by molar-refractivity contribution is 5.34. The van der Waals surface area contributed by atoms with Crippen LogP contribution < -0.4 is 5.73 Å². The van der Waals surface area contributed by atoms with Crippen molar-refractivity contribution in [1.29, 1.82) is 0 Å². The van der Waals surface area contributed by atoms with E-state index in [1.807, 2.05) is 13.8 Å². The standard InChI is InChI=1S/C13H19F2N/c1-12(2,16)8-9-6-5-7-10(14)11(9)13(3,4)15/h5-7H,8,16H2,1-4H3. The summed E-state index contributed by atoms with van der Waals surface area (Å²) >= 11 is 0. The summed E-state index contributed by atoms with van der Waals surface area (Å²) in [5.74, 6) is -0.505. The van der Waals surface area contributed by atoms with Crippen LogP contribution in [0.25, 0.3) is 0 Å². The number of hydrogen-bond donors (Lipinski definition) is 1. The van der Waals surface area contributed by atoms with Crippen molar-refractivity contribution >= 4 is 0 Å². The first-order valence-electron chi connectivity index (χ1n) is 5.37. The summed E-state index contributed by atoms with van der Waals surface area (Å²) in [5.41, 5.74) is 4.48. The van der Waals surface area contributed by atoms with Crippen molar-refractivity contribution in [2.75, 3.05) is 0 Å². The number of rotatable bonds is 3. The summed E-state index contributed by atoms with van der Waals surface area (Å²) in [5, 5.41) is 0. The molecule has 0 spiro atoms. The van der Waals surface area contributed by atoms with E-state index in [9.17, 15) is 8.78 Å². The van der Waals surface area contributed by atoms with Crippen LogP contribution in [0.15, 0.2) is 18.2 Å². The molecule has 0 saturated heterocycles. The normalized spacial score (nSPS) is 12.9. The first-order valence-corrected chi connectivity index (χ1v) is 5.37. The Bertz CT molecular complexity index is 372. The van der Waals surface area contributed by atoms with Gasteiger partial charge in [0.1, 0.15) is 11.5 Å². The summed E-state index contributed by atoms with van der Waals surface area (Å²) in [4.78, 5) is 0. The predicted octanol–water partition coefficient (Wildman–Crippen LogP) is 3.31. The second kappa shape index (κ2) is 4.13. The van der Waals surface area contributed by atoms with Crippen LogP contribution in [0.1, 0.15) is 38.8 Å². The van der Waals surface area contributed by atoms with Crippen LogP contribution in [0.2, 0.25) is 0 Å². The lowest BCUT2D eigenvalue weighted by molar-refractivity contribution is 0.211. The van der Waals surface area contributed by atoms with Crippen LogP contribution >= 0.6 is 0 Å². The number of nitrogens with two attached hydrogens (primary N) is 1. The van der Waals surface area contributed by atoms with Gasteiger partial charge in [-0.2, -0.15) is 0 Å². The SMILES string of the molecule is CC(C)(N)Cc1cccc(F)c1C(C)(C)F. The third kappa shape index (κ3) is 3.27. The van der Waals surface area contributed by atoms with Crippen molar-refractivity contribution in [2.45, 2.75) is 45.3 Å². The lowest BCUT2D eigenvalue weighted by Gasteiger charge is -2.24. The Morgan fingerprint density at radius 1 is 1.19 bits per heavy atom. The molecular formula is C13H19F2N. The van der Waals surface area contributed by atoms with Crippen LogP contribution in [0.4, 0.5) is 8.78 Å². The molecule has 1 nitrogen and oxygen atoms in total. The molecule has 1 aromatic rings. The molecule has 3 heteroatoms. The van der Waals surface area contributed by atoms with E-state index < -0.39 is 17.0 Å². The van der Waals surface area contributed by atoms with Crippen molar-refractivity contribution in [1.82, 2.24) is 0 Å². The van der Waals surface area contributed by atoms with E-state index >= 15 is 0 Å². The largest absolute Gasteiger partial charge is 0.325 e. The first kappa shape index (κ1) is 13.1. The van der Waals surface area contributed by atoms with Gasteiger partial charge in [-0.15, -0.1) is 0 Å². The second-order valence-electron chi connectivity index (χ2n) is 5.41. The van der Waals surface area contributed by atoms with E-state index in [1.165, 1.54) is 19.9 Å². The van der Waals surface area contributed by atoms with Gasteiger partial charge in [0.15, 0.2) is 0 Å². The molecule has 0 aliphatic rings. The molecule has 1 rings (SSSR count). The number of hydrogen-bond acceptors (Lipinski definition) is 1. The molecule has 16 heavy (non-hydrogen) atoms. The molecule has 0 amide bonds. The summed E-state index contributed by atoms with van der Waals surface area (Å²) in [6, 6.07) is 4.60. The maximum Gasteiger partial charge on any atom is 0.133 e. The summed E-state index contributed by atoms with van der Waals surface area (Å²) in [6.07, 6.45) is 0.452. The Balaban J connectivity index is 3.24. The molecule has 1 aromatic carbocycles. The summed E-state index contributed by atoms with van der Waals surface area (Å²) in [6.45, 7) is 6.40. The van der Waals surface area contributed by atoms with Crippen molar-refractivity contribution < 1.29 is 8.78 Å². The minimum Gasteiger partial charge on any atom is -0.325 e. The molecule has 0 fully saturated rings. The minimum atomic E-state index is -1.69. The Kier molecular flexibility index (Phi) is 3.38. The van der Waals surface area contributed by atoms with E-state index in [0.29, 0.717) is 12.0 Å². The average Bonchev–Trinajstić information content (AvgIpc) is 1.97. The molecule has 2 N–H and O–H groups in total. The minimum absolute atomic E-state index is 0.119. The highest BCUT2D eigenvalue weighted by atomic mass is 19.1. The first-order chi connectivity index (χ1) is 7.11. The van der Waals surface area contributed by atoms with Gasteiger partial charge in [0, 0.05) is 11.1 Å². The van der Waals surface area contributed by atoms with E-state index in [0.717, 1.165) is 0 Å². The van der Waals surface area contributed by atoms with Crippen LogP contribution in [0.5, 0.6) is 0 Å². The molecule has 0 aromatic heterocycles. The summed E-state index contributed by atoms with van der Waals surface area (Å²) < 4.78 is 27.6. The third-order valence-electron chi connectivity index (χ3n) is 2.34. The highest BCUT2D eigenvalue weighted by Crippen LogP contribution is 2.31. The van der Waals surface area contributed by atoms with Crippen LogP contribution in [0.3, 0.4) is 0 Å². The van der Waals surface area contributed by atoms with Gasteiger partial charge >= 0.3 is 0 Å². The molecule has 0 aliphatic heterocycles.